The van der Waals surface area contributed by atoms with Gasteiger partial charge in [0.2, 0.25) is 0 Å². The molecule has 0 unspecified atom stereocenters. The smallest absolute Gasteiger partial charge is 0.0701 e. The lowest BCUT2D eigenvalue weighted by molar-refractivity contribution is 0.0178. The van der Waals surface area contributed by atoms with E-state index in [-0.39, 0.29) is 0 Å². The van der Waals surface area contributed by atoms with Crippen LogP contribution in [0.5, 0.6) is 0 Å². The Balaban J connectivity index is 2.79. The number of hydrogen-bond donors (Lipinski definition) is 0. The SMILES string of the molecule is C=CCCOCCOCCOCC. The molecule has 0 atom stereocenters. The van der Waals surface area contributed by atoms with Crippen molar-refractivity contribution in [3.05, 3.63) is 12.7 Å². The standard InChI is InChI=1S/C10H20O3/c1-3-5-6-12-9-10-13-8-7-11-4-2/h3H,1,4-10H2,2H3. The van der Waals surface area contributed by atoms with Crippen LogP contribution in [0.4, 0.5) is 0 Å². The van der Waals surface area contributed by atoms with Crippen LogP contribution < -0.4 is 0 Å². The number of hydrogen-bond acceptors (Lipinski definition) is 3. The molecular formula is C10H20O3. The summed E-state index contributed by atoms with van der Waals surface area (Å²) in [6.07, 6.45) is 2.74. The molecule has 0 N–H and O–H groups in total. The second-order valence-corrected chi connectivity index (χ2v) is 2.50. The zero-order valence-corrected chi connectivity index (χ0v) is 8.46. The highest BCUT2D eigenvalue weighted by Crippen LogP contribution is 1.84. The normalized spacial score (nSPS) is 10.2. The minimum Gasteiger partial charge on any atom is -0.379 e. The van der Waals surface area contributed by atoms with Crippen LogP contribution >= 0.6 is 0 Å². The van der Waals surface area contributed by atoms with E-state index in [9.17, 15) is 0 Å². The van der Waals surface area contributed by atoms with E-state index in [0.29, 0.717) is 26.4 Å². The molecule has 0 heterocycles. The predicted octanol–water partition coefficient (Wildman–Crippen LogP) is 1.63. The minimum absolute atomic E-state index is 0.643. The first-order valence-electron chi connectivity index (χ1n) is 4.76. The van der Waals surface area contributed by atoms with Crippen LogP contribution in [0.2, 0.25) is 0 Å². The van der Waals surface area contributed by atoms with Gasteiger partial charge in [-0.15, -0.1) is 6.58 Å². The van der Waals surface area contributed by atoms with E-state index in [2.05, 4.69) is 6.58 Å². The van der Waals surface area contributed by atoms with Crippen molar-refractivity contribution in [1.82, 2.24) is 0 Å². The average Bonchev–Trinajstić information content (AvgIpc) is 2.16. The summed E-state index contributed by atoms with van der Waals surface area (Å²) >= 11 is 0. The first-order chi connectivity index (χ1) is 6.41. The van der Waals surface area contributed by atoms with Gasteiger partial charge in [0.25, 0.3) is 0 Å². The molecule has 0 bridgehead atoms. The topological polar surface area (TPSA) is 27.7 Å². The van der Waals surface area contributed by atoms with Crippen LogP contribution in [0.25, 0.3) is 0 Å². The van der Waals surface area contributed by atoms with Crippen LogP contribution in [0.3, 0.4) is 0 Å². The molecule has 0 aromatic heterocycles. The van der Waals surface area contributed by atoms with E-state index >= 15 is 0 Å². The van der Waals surface area contributed by atoms with Crippen LogP contribution in [-0.4, -0.2) is 39.6 Å². The molecule has 0 amide bonds. The summed E-state index contributed by atoms with van der Waals surface area (Å²) in [6, 6.07) is 0. The second kappa shape index (κ2) is 11.6. The maximum absolute atomic E-state index is 5.24. The lowest BCUT2D eigenvalue weighted by Gasteiger charge is -2.04. The Morgan fingerprint density at radius 1 is 0.923 bits per heavy atom. The van der Waals surface area contributed by atoms with E-state index in [4.69, 9.17) is 14.2 Å². The highest BCUT2D eigenvalue weighted by molar-refractivity contribution is 4.64. The van der Waals surface area contributed by atoms with Gasteiger partial charge >= 0.3 is 0 Å². The Labute approximate surface area is 80.7 Å². The molecule has 0 saturated heterocycles. The molecular weight excluding hydrogens is 168 g/mol. The Morgan fingerprint density at radius 2 is 1.46 bits per heavy atom. The summed E-state index contributed by atoms with van der Waals surface area (Å²) in [7, 11) is 0. The fraction of sp³-hybridized carbons (Fsp3) is 0.800. The second-order valence-electron chi connectivity index (χ2n) is 2.50. The fourth-order valence-corrected chi connectivity index (χ4v) is 0.751. The minimum atomic E-state index is 0.643. The van der Waals surface area contributed by atoms with Gasteiger partial charge < -0.3 is 14.2 Å². The summed E-state index contributed by atoms with van der Waals surface area (Å²) in [5.41, 5.74) is 0. The van der Waals surface area contributed by atoms with Gasteiger partial charge in [-0.3, -0.25) is 0 Å². The highest BCUT2D eigenvalue weighted by Gasteiger charge is 1.88. The van der Waals surface area contributed by atoms with Gasteiger partial charge in [-0.25, -0.2) is 0 Å². The first-order valence-corrected chi connectivity index (χ1v) is 4.76. The fourth-order valence-electron chi connectivity index (χ4n) is 0.751. The Hall–Kier alpha value is -0.380. The summed E-state index contributed by atoms with van der Waals surface area (Å²) in [6.45, 7) is 9.67. The van der Waals surface area contributed by atoms with Crippen LogP contribution in [0, 0.1) is 0 Å². The monoisotopic (exact) mass is 188 g/mol. The molecule has 0 aliphatic heterocycles. The van der Waals surface area contributed by atoms with Crippen molar-refractivity contribution in [2.24, 2.45) is 0 Å². The maximum atomic E-state index is 5.24. The lowest BCUT2D eigenvalue weighted by atomic mass is 10.5. The van der Waals surface area contributed by atoms with Crippen LogP contribution in [0.15, 0.2) is 12.7 Å². The molecule has 0 aliphatic rings. The van der Waals surface area contributed by atoms with Gasteiger partial charge in [-0.2, -0.15) is 0 Å². The first kappa shape index (κ1) is 12.6. The lowest BCUT2D eigenvalue weighted by Crippen LogP contribution is -2.09. The zero-order chi connectivity index (χ0) is 9.78. The third kappa shape index (κ3) is 11.6. The van der Waals surface area contributed by atoms with Crippen molar-refractivity contribution in [2.75, 3.05) is 39.6 Å². The van der Waals surface area contributed by atoms with Gasteiger partial charge in [0.1, 0.15) is 0 Å². The van der Waals surface area contributed by atoms with E-state index < -0.39 is 0 Å². The van der Waals surface area contributed by atoms with E-state index in [1.165, 1.54) is 0 Å². The quantitative estimate of drug-likeness (QED) is 0.385. The number of ether oxygens (including phenoxy) is 3. The van der Waals surface area contributed by atoms with Gasteiger partial charge in [0, 0.05) is 6.61 Å². The highest BCUT2D eigenvalue weighted by atomic mass is 16.5. The van der Waals surface area contributed by atoms with Gasteiger partial charge in [0.15, 0.2) is 0 Å². The molecule has 78 valence electrons. The summed E-state index contributed by atoms with van der Waals surface area (Å²) < 4.78 is 15.6. The molecule has 0 aromatic rings. The Kier molecular flexibility index (Phi) is 11.3. The molecule has 0 fully saturated rings. The summed E-state index contributed by atoms with van der Waals surface area (Å²) in [5.74, 6) is 0. The molecule has 3 nitrogen and oxygen atoms in total. The molecule has 0 rings (SSSR count). The van der Waals surface area contributed by atoms with Crippen molar-refractivity contribution < 1.29 is 14.2 Å². The van der Waals surface area contributed by atoms with Gasteiger partial charge in [-0.1, -0.05) is 6.08 Å². The van der Waals surface area contributed by atoms with Crippen LogP contribution in [0.1, 0.15) is 13.3 Å². The van der Waals surface area contributed by atoms with Crippen molar-refractivity contribution in [2.45, 2.75) is 13.3 Å². The molecule has 0 spiro atoms. The van der Waals surface area contributed by atoms with Crippen molar-refractivity contribution >= 4 is 0 Å². The summed E-state index contributed by atoms with van der Waals surface area (Å²) in [4.78, 5) is 0. The predicted molar refractivity (Wildman–Crippen MR) is 52.9 cm³/mol. The van der Waals surface area contributed by atoms with Crippen LogP contribution in [-0.2, 0) is 14.2 Å². The maximum Gasteiger partial charge on any atom is 0.0701 e. The van der Waals surface area contributed by atoms with Crippen molar-refractivity contribution in [3.8, 4) is 0 Å². The largest absolute Gasteiger partial charge is 0.379 e. The summed E-state index contributed by atoms with van der Waals surface area (Å²) in [5, 5.41) is 0. The third-order valence-corrected chi connectivity index (χ3v) is 1.41. The van der Waals surface area contributed by atoms with Crippen molar-refractivity contribution in [1.29, 1.82) is 0 Å². The van der Waals surface area contributed by atoms with E-state index in [0.717, 1.165) is 19.6 Å². The van der Waals surface area contributed by atoms with E-state index in [1.807, 2.05) is 13.0 Å². The number of rotatable bonds is 10. The Bertz CT molecular complexity index is 104. The molecule has 0 aromatic carbocycles. The Morgan fingerprint density at radius 3 is 2.00 bits per heavy atom. The van der Waals surface area contributed by atoms with E-state index in [1.54, 1.807) is 0 Å². The molecule has 0 saturated carbocycles. The third-order valence-electron chi connectivity index (χ3n) is 1.41. The average molecular weight is 188 g/mol. The molecule has 13 heavy (non-hydrogen) atoms. The molecule has 0 aliphatic carbocycles. The molecule has 0 radical (unpaired) electrons. The van der Waals surface area contributed by atoms with Crippen molar-refractivity contribution in [3.63, 3.8) is 0 Å². The molecule has 3 heteroatoms. The van der Waals surface area contributed by atoms with Gasteiger partial charge in [-0.05, 0) is 13.3 Å². The zero-order valence-electron chi connectivity index (χ0n) is 8.46. The van der Waals surface area contributed by atoms with Gasteiger partial charge in [0.05, 0.1) is 33.0 Å².